The Morgan fingerprint density at radius 2 is 1.94 bits per heavy atom. The maximum Gasteiger partial charge on any atom is 0.262 e. The van der Waals surface area contributed by atoms with Crippen LogP contribution in [0.1, 0.15) is 33.8 Å². The van der Waals surface area contributed by atoms with Gasteiger partial charge in [-0.1, -0.05) is 12.1 Å². The molecule has 94 valence electrons. The van der Waals surface area contributed by atoms with Crippen molar-refractivity contribution in [2.75, 3.05) is 0 Å². The summed E-state index contributed by atoms with van der Waals surface area (Å²) >= 11 is 1.43. The van der Waals surface area contributed by atoms with Crippen LogP contribution in [0.2, 0.25) is 0 Å². The van der Waals surface area contributed by atoms with E-state index in [1.165, 1.54) is 23.5 Å². The average molecular weight is 263 g/mol. The highest BCUT2D eigenvalue weighted by molar-refractivity contribution is 7.12. The van der Waals surface area contributed by atoms with Gasteiger partial charge in [-0.3, -0.25) is 4.79 Å². The molecular formula is C14H14FNOS. The third-order valence-electron chi connectivity index (χ3n) is 2.79. The average Bonchev–Trinajstić information content (AvgIpc) is 2.76. The molecule has 2 rings (SSSR count). The van der Waals surface area contributed by atoms with Crippen molar-refractivity contribution >= 4 is 17.2 Å². The Hall–Kier alpha value is -1.68. The number of nitrogens with one attached hydrogen (secondary N) is 1. The van der Waals surface area contributed by atoms with Crippen molar-refractivity contribution in [1.29, 1.82) is 0 Å². The summed E-state index contributed by atoms with van der Waals surface area (Å²) in [6.45, 7) is 3.79. The van der Waals surface area contributed by atoms with Crippen LogP contribution in [0.5, 0.6) is 0 Å². The molecule has 0 bridgehead atoms. The number of carbonyl (C=O) groups excluding carboxylic acids is 1. The molecule has 1 unspecified atom stereocenters. The van der Waals surface area contributed by atoms with Crippen LogP contribution in [0.25, 0.3) is 0 Å². The second-order valence-electron chi connectivity index (χ2n) is 4.18. The molecule has 1 N–H and O–H groups in total. The second kappa shape index (κ2) is 5.31. The minimum atomic E-state index is -0.272. The van der Waals surface area contributed by atoms with Crippen molar-refractivity contribution in [3.05, 3.63) is 57.5 Å². The van der Waals surface area contributed by atoms with Crippen LogP contribution in [0.4, 0.5) is 4.39 Å². The summed E-state index contributed by atoms with van der Waals surface area (Å²) in [5.74, 6) is -0.356. The van der Waals surface area contributed by atoms with Crippen LogP contribution >= 0.6 is 11.3 Å². The summed E-state index contributed by atoms with van der Waals surface area (Å²) < 4.78 is 12.8. The Morgan fingerprint density at radius 3 is 2.50 bits per heavy atom. The molecule has 1 aromatic carbocycles. The highest BCUT2D eigenvalue weighted by Crippen LogP contribution is 2.18. The van der Waals surface area contributed by atoms with Crippen LogP contribution in [0, 0.1) is 12.7 Å². The summed E-state index contributed by atoms with van der Waals surface area (Å²) in [6.07, 6.45) is 0. The van der Waals surface area contributed by atoms with Gasteiger partial charge in [0.2, 0.25) is 0 Å². The third-order valence-corrected chi connectivity index (χ3v) is 3.80. The lowest BCUT2D eigenvalue weighted by molar-refractivity contribution is 0.0943. The Bertz CT molecular complexity index is 547. The normalized spacial score (nSPS) is 12.2. The van der Waals surface area contributed by atoms with E-state index in [1.807, 2.05) is 25.3 Å². The monoisotopic (exact) mass is 263 g/mol. The number of benzene rings is 1. The molecule has 0 spiro atoms. The van der Waals surface area contributed by atoms with Crippen LogP contribution in [-0.2, 0) is 0 Å². The number of carbonyl (C=O) groups is 1. The molecule has 0 aliphatic carbocycles. The molecule has 1 atom stereocenters. The minimum absolute atomic E-state index is 0.0840. The summed E-state index contributed by atoms with van der Waals surface area (Å²) in [4.78, 5) is 12.7. The fourth-order valence-electron chi connectivity index (χ4n) is 1.70. The summed E-state index contributed by atoms with van der Waals surface area (Å²) in [7, 11) is 0. The lowest BCUT2D eigenvalue weighted by Crippen LogP contribution is -2.26. The third kappa shape index (κ3) is 2.76. The molecule has 2 nitrogen and oxygen atoms in total. The number of hydrogen-bond donors (Lipinski definition) is 1. The molecule has 4 heteroatoms. The lowest BCUT2D eigenvalue weighted by Gasteiger charge is -2.14. The largest absolute Gasteiger partial charge is 0.345 e. The van der Waals surface area contributed by atoms with Crippen molar-refractivity contribution in [2.45, 2.75) is 19.9 Å². The van der Waals surface area contributed by atoms with Crippen molar-refractivity contribution in [1.82, 2.24) is 5.32 Å². The zero-order valence-corrected chi connectivity index (χ0v) is 11.1. The molecule has 0 radical (unpaired) electrons. The summed E-state index contributed by atoms with van der Waals surface area (Å²) in [5, 5.41) is 4.80. The molecule has 18 heavy (non-hydrogen) atoms. The molecule has 0 saturated heterocycles. The van der Waals surface area contributed by atoms with Gasteiger partial charge in [-0.25, -0.2) is 4.39 Å². The predicted octanol–water partition coefficient (Wildman–Crippen LogP) is 3.69. The van der Waals surface area contributed by atoms with E-state index in [4.69, 9.17) is 0 Å². The van der Waals surface area contributed by atoms with Gasteiger partial charge in [-0.15, -0.1) is 11.3 Å². The molecule has 2 aromatic rings. The van der Waals surface area contributed by atoms with E-state index in [2.05, 4.69) is 5.32 Å². The van der Waals surface area contributed by atoms with Gasteiger partial charge in [0.15, 0.2) is 0 Å². The molecule has 0 aliphatic heterocycles. The smallest absolute Gasteiger partial charge is 0.262 e. The van der Waals surface area contributed by atoms with Gasteiger partial charge in [0.05, 0.1) is 10.9 Å². The number of thiophene rings is 1. The van der Waals surface area contributed by atoms with Gasteiger partial charge < -0.3 is 5.32 Å². The zero-order chi connectivity index (χ0) is 13.1. The van der Waals surface area contributed by atoms with Gasteiger partial charge in [0.25, 0.3) is 5.91 Å². The van der Waals surface area contributed by atoms with Crippen molar-refractivity contribution < 1.29 is 9.18 Å². The van der Waals surface area contributed by atoms with Crippen LogP contribution in [0.15, 0.2) is 35.7 Å². The lowest BCUT2D eigenvalue weighted by atomic mass is 10.1. The van der Waals surface area contributed by atoms with E-state index >= 15 is 0 Å². The standard InChI is InChI=1S/C14H14FNOS/c1-9-7-8-18-13(9)14(17)16-10(2)11-3-5-12(15)6-4-11/h3-8,10H,1-2H3,(H,16,17). The molecular weight excluding hydrogens is 249 g/mol. The molecule has 0 saturated carbocycles. The van der Waals surface area contributed by atoms with Crippen molar-refractivity contribution in [3.63, 3.8) is 0 Å². The molecule has 0 aliphatic rings. The Kier molecular flexibility index (Phi) is 3.77. The predicted molar refractivity (Wildman–Crippen MR) is 71.3 cm³/mol. The Morgan fingerprint density at radius 1 is 1.28 bits per heavy atom. The number of rotatable bonds is 3. The van der Waals surface area contributed by atoms with E-state index in [1.54, 1.807) is 12.1 Å². The second-order valence-corrected chi connectivity index (χ2v) is 5.10. The number of halogens is 1. The number of aryl methyl sites for hydroxylation is 1. The molecule has 1 amide bonds. The van der Waals surface area contributed by atoms with Gasteiger partial charge in [0.1, 0.15) is 5.82 Å². The van der Waals surface area contributed by atoms with Crippen LogP contribution in [-0.4, -0.2) is 5.91 Å². The number of hydrogen-bond acceptors (Lipinski definition) is 2. The van der Waals surface area contributed by atoms with E-state index in [0.717, 1.165) is 16.0 Å². The van der Waals surface area contributed by atoms with Gasteiger partial charge in [0, 0.05) is 0 Å². The van der Waals surface area contributed by atoms with Gasteiger partial charge >= 0.3 is 0 Å². The van der Waals surface area contributed by atoms with E-state index in [9.17, 15) is 9.18 Å². The first-order valence-corrected chi connectivity index (χ1v) is 6.56. The van der Waals surface area contributed by atoms with Crippen LogP contribution in [0.3, 0.4) is 0 Å². The van der Waals surface area contributed by atoms with Crippen molar-refractivity contribution in [2.24, 2.45) is 0 Å². The SMILES string of the molecule is Cc1ccsc1C(=O)NC(C)c1ccc(F)cc1. The molecule has 1 aromatic heterocycles. The van der Waals surface area contributed by atoms with E-state index in [-0.39, 0.29) is 17.8 Å². The highest BCUT2D eigenvalue weighted by Gasteiger charge is 2.14. The summed E-state index contributed by atoms with van der Waals surface area (Å²) in [5.41, 5.74) is 1.86. The van der Waals surface area contributed by atoms with E-state index < -0.39 is 0 Å². The van der Waals surface area contributed by atoms with Gasteiger partial charge in [-0.2, -0.15) is 0 Å². The fourth-order valence-corrected chi connectivity index (χ4v) is 2.53. The molecule has 1 heterocycles. The van der Waals surface area contributed by atoms with Crippen LogP contribution < -0.4 is 5.32 Å². The minimum Gasteiger partial charge on any atom is -0.345 e. The number of amides is 1. The first kappa shape index (κ1) is 12.8. The first-order chi connectivity index (χ1) is 8.58. The highest BCUT2D eigenvalue weighted by atomic mass is 32.1. The topological polar surface area (TPSA) is 29.1 Å². The Balaban J connectivity index is 2.08. The molecule has 0 fully saturated rings. The van der Waals surface area contributed by atoms with Gasteiger partial charge in [-0.05, 0) is 48.6 Å². The van der Waals surface area contributed by atoms with E-state index in [0.29, 0.717) is 0 Å². The Labute approximate surface area is 109 Å². The summed E-state index contributed by atoms with van der Waals surface area (Å²) in [6, 6.07) is 7.94. The maximum atomic E-state index is 12.8. The zero-order valence-electron chi connectivity index (χ0n) is 10.2. The maximum absolute atomic E-state index is 12.8. The quantitative estimate of drug-likeness (QED) is 0.899. The fraction of sp³-hybridized carbons (Fsp3) is 0.214. The first-order valence-electron chi connectivity index (χ1n) is 5.68. The van der Waals surface area contributed by atoms with Crippen molar-refractivity contribution in [3.8, 4) is 0 Å².